The average Bonchev–Trinajstić information content (AvgIpc) is 2.74. The van der Waals surface area contributed by atoms with E-state index in [1.165, 1.54) is 60.9 Å². The van der Waals surface area contributed by atoms with Gasteiger partial charge in [-0.25, -0.2) is 4.98 Å². The molecule has 0 bridgehead atoms. The standard InChI is InChI=1S/C17H31N3S/c1-5-11-20-12-8-9-17(10-13-20,18-7-3)16-19-15(6-2)14(4)21-16/h18H,5-13H2,1-4H3. The summed E-state index contributed by atoms with van der Waals surface area (Å²) in [6, 6.07) is 0. The first-order valence-electron chi connectivity index (χ1n) is 8.59. The molecule has 1 fully saturated rings. The predicted octanol–water partition coefficient (Wildman–Crippen LogP) is 3.71. The van der Waals surface area contributed by atoms with Gasteiger partial charge in [-0.15, -0.1) is 11.3 Å². The second-order valence-electron chi connectivity index (χ2n) is 6.18. The quantitative estimate of drug-likeness (QED) is 0.868. The summed E-state index contributed by atoms with van der Waals surface area (Å²) in [4.78, 5) is 9.02. The van der Waals surface area contributed by atoms with Gasteiger partial charge < -0.3 is 10.2 Å². The van der Waals surface area contributed by atoms with E-state index in [0.717, 1.165) is 13.0 Å². The van der Waals surface area contributed by atoms with Gasteiger partial charge in [0.05, 0.1) is 11.2 Å². The molecule has 1 unspecified atom stereocenters. The van der Waals surface area contributed by atoms with Gasteiger partial charge in [-0.3, -0.25) is 0 Å². The Morgan fingerprint density at radius 1 is 1.24 bits per heavy atom. The molecule has 0 aliphatic carbocycles. The summed E-state index contributed by atoms with van der Waals surface area (Å²) in [7, 11) is 0. The highest BCUT2D eigenvalue weighted by Crippen LogP contribution is 2.36. The molecule has 1 aliphatic rings. The summed E-state index contributed by atoms with van der Waals surface area (Å²) in [5.74, 6) is 0. The number of hydrogen-bond donors (Lipinski definition) is 1. The van der Waals surface area contributed by atoms with Gasteiger partial charge in [-0.05, 0) is 58.7 Å². The van der Waals surface area contributed by atoms with Crippen molar-refractivity contribution in [3.63, 3.8) is 0 Å². The Hall–Kier alpha value is -0.450. The molecule has 1 saturated heterocycles. The molecule has 1 aliphatic heterocycles. The van der Waals surface area contributed by atoms with Crippen molar-refractivity contribution in [3.05, 3.63) is 15.6 Å². The van der Waals surface area contributed by atoms with Crippen LogP contribution in [-0.2, 0) is 12.0 Å². The lowest BCUT2D eigenvalue weighted by Gasteiger charge is -2.32. The molecular formula is C17H31N3S. The van der Waals surface area contributed by atoms with Crippen LogP contribution in [0.4, 0.5) is 0 Å². The summed E-state index contributed by atoms with van der Waals surface area (Å²) in [6.07, 6.45) is 5.98. The zero-order chi connectivity index (χ0) is 15.3. The molecule has 0 saturated carbocycles. The average molecular weight is 310 g/mol. The van der Waals surface area contributed by atoms with Crippen LogP contribution in [0.2, 0.25) is 0 Å². The van der Waals surface area contributed by atoms with Crippen molar-refractivity contribution >= 4 is 11.3 Å². The molecule has 2 rings (SSSR count). The van der Waals surface area contributed by atoms with E-state index in [0.29, 0.717) is 0 Å². The van der Waals surface area contributed by atoms with Gasteiger partial charge in [0.1, 0.15) is 5.01 Å². The summed E-state index contributed by atoms with van der Waals surface area (Å²) in [6.45, 7) is 13.6. The van der Waals surface area contributed by atoms with E-state index in [1.54, 1.807) is 0 Å². The molecule has 0 aromatic carbocycles. The molecule has 1 N–H and O–H groups in total. The number of nitrogens with zero attached hydrogens (tertiary/aromatic N) is 2. The molecule has 1 atom stereocenters. The van der Waals surface area contributed by atoms with E-state index in [2.05, 4.69) is 37.9 Å². The Morgan fingerprint density at radius 2 is 2.05 bits per heavy atom. The van der Waals surface area contributed by atoms with E-state index < -0.39 is 0 Å². The molecule has 2 heterocycles. The normalized spacial score (nSPS) is 24.2. The van der Waals surface area contributed by atoms with Crippen LogP contribution >= 0.6 is 11.3 Å². The zero-order valence-corrected chi connectivity index (χ0v) is 15.0. The molecule has 1 aromatic rings. The van der Waals surface area contributed by atoms with Crippen molar-refractivity contribution in [2.24, 2.45) is 0 Å². The van der Waals surface area contributed by atoms with Gasteiger partial charge >= 0.3 is 0 Å². The van der Waals surface area contributed by atoms with Crippen molar-refractivity contribution in [1.82, 2.24) is 15.2 Å². The minimum Gasteiger partial charge on any atom is -0.306 e. The van der Waals surface area contributed by atoms with Crippen LogP contribution in [0.5, 0.6) is 0 Å². The summed E-state index contributed by atoms with van der Waals surface area (Å²) in [5.41, 5.74) is 1.40. The minimum absolute atomic E-state index is 0.111. The fourth-order valence-corrected chi connectivity index (χ4v) is 4.72. The molecular weight excluding hydrogens is 278 g/mol. The zero-order valence-electron chi connectivity index (χ0n) is 14.2. The van der Waals surface area contributed by atoms with Gasteiger partial charge in [0.2, 0.25) is 0 Å². The maximum atomic E-state index is 4.99. The largest absolute Gasteiger partial charge is 0.306 e. The van der Waals surface area contributed by atoms with Crippen molar-refractivity contribution in [3.8, 4) is 0 Å². The molecule has 0 radical (unpaired) electrons. The van der Waals surface area contributed by atoms with Crippen LogP contribution in [0.3, 0.4) is 0 Å². The number of likely N-dealkylation sites (tertiary alicyclic amines) is 1. The smallest absolute Gasteiger partial charge is 0.113 e. The van der Waals surface area contributed by atoms with Crippen LogP contribution < -0.4 is 5.32 Å². The van der Waals surface area contributed by atoms with Crippen LogP contribution in [0.1, 0.15) is 62.0 Å². The first-order valence-corrected chi connectivity index (χ1v) is 9.41. The highest BCUT2D eigenvalue weighted by atomic mass is 32.1. The Morgan fingerprint density at radius 3 is 2.67 bits per heavy atom. The van der Waals surface area contributed by atoms with Crippen LogP contribution in [0.15, 0.2) is 0 Å². The highest BCUT2D eigenvalue weighted by molar-refractivity contribution is 7.11. The van der Waals surface area contributed by atoms with Gasteiger partial charge in [0.15, 0.2) is 0 Å². The van der Waals surface area contributed by atoms with Crippen LogP contribution in [0.25, 0.3) is 0 Å². The molecule has 21 heavy (non-hydrogen) atoms. The maximum absolute atomic E-state index is 4.99. The van der Waals surface area contributed by atoms with Gasteiger partial charge in [0.25, 0.3) is 0 Å². The minimum atomic E-state index is 0.111. The molecule has 1 aromatic heterocycles. The molecule has 0 spiro atoms. The summed E-state index contributed by atoms with van der Waals surface area (Å²) < 4.78 is 0. The Bertz CT molecular complexity index is 443. The maximum Gasteiger partial charge on any atom is 0.113 e. The van der Waals surface area contributed by atoms with Gasteiger partial charge in [-0.1, -0.05) is 20.8 Å². The molecule has 0 amide bonds. The number of hydrogen-bond acceptors (Lipinski definition) is 4. The number of nitrogens with one attached hydrogen (secondary N) is 1. The van der Waals surface area contributed by atoms with Crippen molar-refractivity contribution in [2.45, 2.75) is 65.3 Å². The van der Waals surface area contributed by atoms with E-state index in [1.807, 2.05) is 11.3 Å². The van der Waals surface area contributed by atoms with E-state index in [9.17, 15) is 0 Å². The van der Waals surface area contributed by atoms with Gasteiger partial charge in [0, 0.05) is 11.4 Å². The molecule has 3 nitrogen and oxygen atoms in total. The Labute approximate surface area is 134 Å². The number of rotatable bonds is 6. The number of aryl methyl sites for hydroxylation is 2. The molecule has 4 heteroatoms. The second kappa shape index (κ2) is 7.70. The highest BCUT2D eigenvalue weighted by Gasteiger charge is 2.36. The SMILES string of the molecule is CCCN1CCCC(NCC)(c2nc(CC)c(C)s2)CC1. The Balaban J connectivity index is 2.23. The van der Waals surface area contributed by atoms with Crippen molar-refractivity contribution in [2.75, 3.05) is 26.2 Å². The summed E-state index contributed by atoms with van der Waals surface area (Å²) >= 11 is 1.92. The second-order valence-corrected chi connectivity index (χ2v) is 7.39. The van der Waals surface area contributed by atoms with E-state index in [4.69, 9.17) is 4.98 Å². The third-order valence-electron chi connectivity index (χ3n) is 4.62. The predicted molar refractivity (Wildman–Crippen MR) is 92.2 cm³/mol. The topological polar surface area (TPSA) is 28.2 Å². The van der Waals surface area contributed by atoms with Crippen LogP contribution in [0, 0.1) is 6.92 Å². The lowest BCUT2D eigenvalue weighted by molar-refractivity contribution is 0.258. The lowest BCUT2D eigenvalue weighted by Crippen LogP contribution is -2.43. The fraction of sp³-hybridized carbons (Fsp3) is 0.824. The Kier molecular flexibility index (Phi) is 6.20. The van der Waals surface area contributed by atoms with Crippen molar-refractivity contribution in [1.29, 1.82) is 0 Å². The number of aromatic nitrogens is 1. The van der Waals surface area contributed by atoms with Gasteiger partial charge in [-0.2, -0.15) is 0 Å². The third-order valence-corrected chi connectivity index (χ3v) is 5.84. The lowest BCUT2D eigenvalue weighted by atomic mass is 9.91. The van der Waals surface area contributed by atoms with E-state index in [-0.39, 0.29) is 5.54 Å². The first-order chi connectivity index (χ1) is 10.1. The first kappa shape index (κ1) is 16.9. The third kappa shape index (κ3) is 3.85. The monoisotopic (exact) mass is 309 g/mol. The van der Waals surface area contributed by atoms with Crippen molar-refractivity contribution < 1.29 is 0 Å². The summed E-state index contributed by atoms with van der Waals surface area (Å²) in [5, 5.41) is 5.13. The molecule has 120 valence electrons. The fourth-order valence-electron chi connectivity index (χ4n) is 3.50. The number of thiazole rings is 1. The van der Waals surface area contributed by atoms with Crippen LogP contribution in [-0.4, -0.2) is 36.1 Å². The van der Waals surface area contributed by atoms with E-state index >= 15 is 0 Å².